The maximum atomic E-state index is 13.8. The van der Waals surface area contributed by atoms with E-state index in [0.717, 1.165) is 25.9 Å². The lowest BCUT2D eigenvalue weighted by Crippen LogP contribution is -2.42. The summed E-state index contributed by atoms with van der Waals surface area (Å²) >= 11 is 5.86. The van der Waals surface area contributed by atoms with Crippen molar-refractivity contribution >= 4 is 17.5 Å². The molecule has 1 aliphatic carbocycles. The Balaban J connectivity index is 1.71. The topological polar surface area (TPSA) is 20.3 Å². The van der Waals surface area contributed by atoms with Gasteiger partial charge in [0.1, 0.15) is 5.82 Å². The van der Waals surface area contributed by atoms with Crippen LogP contribution in [0, 0.1) is 11.2 Å². The van der Waals surface area contributed by atoms with Crippen LogP contribution in [0.15, 0.2) is 18.2 Å². The normalized spacial score (nSPS) is 21.4. The van der Waals surface area contributed by atoms with Gasteiger partial charge in [0.15, 0.2) is 0 Å². The van der Waals surface area contributed by atoms with E-state index in [1.165, 1.54) is 43.9 Å². The first-order valence-corrected chi connectivity index (χ1v) is 7.72. The molecule has 1 aliphatic heterocycles. The van der Waals surface area contributed by atoms with Crippen molar-refractivity contribution < 1.29 is 9.18 Å². The van der Waals surface area contributed by atoms with Crippen LogP contribution in [0.3, 0.4) is 0 Å². The van der Waals surface area contributed by atoms with E-state index in [4.69, 9.17) is 11.6 Å². The highest BCUT2D eigenvalue weighted by Crippen LogP contribution is 2.46. The molecule has 3 rings (SSSR count). The minimum absolute atomic E-state index is 0.0971. The summed E-state index contributed by atoms with van der Waals surface area (Å²) in [6, 6.07) is 4.16. The Morgan fingerprint density at radius 1 is 1.15 bits per heavy atom. The van der Waals surface area contributed by atoms with Gasteiger partial charge in [-0.2, -0.15) is 0 Å². The Labute approximate surface area is 123 Å². The minimum Gasteiger partial charge on any atom is -0.339 e. The fraction of sp³-hybridized carbons (Fsp3) is 0.562. The van der Waals surface area contributed by atoms with Gasteiger partial charge in [-0.1, -0.05) is 24.4 Å². The molecule has 4 heteroatoms. The highest BCUT2D eigenvalue weighted by atomic mass is 35.5. The minimum atomic E-state index is -0.486. The van der Waals surface area contributed by atoms with Crippen LogP contribution in [-0.4, -0.2) is 23.9 Å². The molecule has 1 aromatic carbocycles. The maximum Gasteiger partial charge on any atom is 0.256 e. The van der Waals surface area contributed by atoms with Crippen LogP contribution in [0.2, 0.25) is 5.02 Å². The summed E-state index contributed by atoms with van der Waals surface area (Å²) in [5, 5.41) is 0.402. The second kappa shape index (κ2) is 5.36. The predicted octanol–water partition coefficient (Wildman–Crippen LogP) is 4.28. The van der Waals surface area contributed by atoms with Gasteiger partial charge in [0, 0.05) is 18.1 Å². The first-order valence-electron chi connectivity index (χ1n) is 7.34. The number of rotatable bonds is 1. The fourth-order valence-corrected chi connectivity index (χ4v) is 3.81. The van der Waals surface area contributed by atoms with Gasteiger partial charge >= 0.3 is 0 Å². The number of piperidine rings is 1. The van der Waals surface area contributed by atoms with E-state index in [9.17, 15) is 9.18 Å². The van der Waals surface area contributed by atoms with Gasteiger partial charge in [0.2, 0.25) is 0 Å². The first-order chi connectivity index (χ1) is 9.60. The van der Waals surface area contributed by atoms with Crippen LogP contribution in [-0.2, 0) is 0 Å². The van der Waals surface area contributed by atoms with Crippen LogP contribution in [0.1, 0.15) is 48.9 Å². The molecule has 20 heavy (non-hydrogen) atoms. The van der Waals surface area contributed by atoms with Gasteiger partial charge in [0.25, 0.3) is 5.91 Å². The van der Waals surface area contributed by atoms with E-state index in [1.807, 2.05) is 0 Å². The quantitative estimate of drug-likeness (QED) is 0.757. The predicted molar refractivity (Wildman–Crippen MR) is 77.4 cm³/mol. The molecule has 0 aromatic heterocycles. The van der Waals surface area contributed by atoms with Gasteiger partial charge in [-0.25, -0.2) is 4.39 Å². The van der Waals surface area contributed by atoms with Crippen LogP contribution >= 0.6 is 11.6 Å². The van der Waals surface area contributed by atoms with Crippen molar-refractivity contribution in [3.8, 4) is 0 Å². The van der Waals surface area contributed by atoms with Crippen molar-refractivity contribution in [3.63, 3.8) is 0 Å². The molecule has 2 aliphatic rings. The van der Waals surface area contributed by atoms with Crippen molar-refractivity contribution in [2.75, 3.05) is 13.1 Å². The van der Waals surface area contributed by atoms with Crippen molar-refractivity contribution in [1.29, 1.82) is 0 Å². The lowest BCUT2D eigenvalue weighted by atomic mass is 9.77. The summed E-state index contributed by atoms with van der Waals surface area (Å²) in [6.45, 7) is 1.48. The van der Waals surface area contributed by atoms with E-state index >= 15 is 0 Å². The molecule has 1 aromatic rings. The lowest BCUT2D eigenvalue weighted by molar-refractivity contribution is 0.0583. The highest BCUT2D eigenvalue weighted by Gasteiger charge is 2.38. The van der Waals surface area contributed by atoms with Crippen LogP contribution in [0.5, 0.6) is 0 Å². The zero-order chi connectivity index (χ0) is 14.2. The molecule has 0 radical (unpaired) electrons. The third kappa shape index (κ3) is 2.56. The number of nitrogens with zero attached hydrogens (tertiary/aromatic N) is 1. The second-order valence-electron chi connectivity index (χ2n) is 6.12. The van der Waals surface area contributed by atoms with Gasteiger partial charge in [-0.05, 0) is 49.3 Å². The second-order valence-corrected chi connectivity index (χ2v) is 6.56. The average Bonchev–Trinajstić information content (AvgIpc) is 2.90. The summed E-state index contributed by atoms with van der Waals surface area (Å²) in [7, 11) is 0. The van der Waals surface area contributed by atoms with E-state index < -0.39 is 5.82 Å². The molecule has 0 N–H and O–H groups in total. The van der Waals surface area contributed by atoms with Crippen molar-refractivity contribution in [2.24, 2.45) is 5.41 Å². The Hall–Kier alpha value is -1.09. The third-order valence-corrected chi connectivity index (χ3v) is 5.17. The molecule has 0 unspecified atom stereocenters. The van der Waals surface area contributed by atoms with Gasteiger partial charge < -0.3 is 4.90 Å². The van der Waals surface area contributed by atoms with Gasteiger partial charge in [0.05, 0.1) is 5.56 Å². The summed E-state index contributed by atoms with van der Waals surface area (Å²) in [5.74, 6) is -0.710. The molecule has 1 heterocycles. The number of likely N-dealkylation sites (tertiary alicyclic amines) is 1. The largest absolute Gasteiger partial charge is 0.339 e. The van der Waals surface area contributed by atoms with Gasteiger partial charge in [-0.3, -0.25) is 4.79 Å². The number of carbonyl (C=O) groups excluding carboxylic acids is 1. The summed E-state index contributed by atoms with van der Waals surface area (Å²) < 4.78 is 13.8. The molecular formula is C16H19ClFNO. The smallest absolute Gasteiger partial charge is 0.256 e. The van der Waals surface area contributed by atoms with E-state index in [0.29, 0.717) is 10.4 Å². The van der Waals surface area contributed by atoms with Crippen LogP contribution in [0.4, 0.5) is 4.39 Å². The Bertz CT molecular complexity index is 515. The number of hydrogen-bond acceptors (Lipinski definition) is 1. The Morgan fingerprint density at radius 3 is 2.45 bits per heavy atom. The molecule has 108 valence electrons. The zero-order valence-corrected chi connectivity index (χ0v) is 12.3. The van der Waals surface area contributed by atoms with E-state index in [2.05, 4.69) is 0 Å². The Morgan fingerprint density at radius 2 is 1.80 bits per heavy atom. The van der Waals surface area contributed by atoms with Crippen molar-refractivity contribution in [3.05, 3.63) is 34.6 Å². The van der Waals surface area contributed by atoms with Crippen LogP contribution < -0.4 is 0 Å². The number of halogens is 2. The van der Waals surface area contributed by atoms with Gasteiger partial charge in [-0.15, -0.1) is 0 Å². The fourth-order valence-electron chi connectivity index (χ4n) is 3.64. The van der Waals surface area contributed by atoms with E-state index in [-0.39, 0.29) is 11.5 Å². The average molecular weight is 296 g/mol. The Kier molecular flexibility index (Phi) is 3.72. The summed E-state index contributed by atoms with van der Waals surface area (Å²) in [6.07, 6.45) is 7.33. The molecular weight excluding hydrogens is 277 g/mol. The standard InChI is InChI=1S/C16H19ClFNO/c17-12-3-4-14(18)13(11-12)15(20)19-9-7-16(8-10-19)5-1-2-6-16/h3-4,11H,1-2,5-10H2. The van der Waals surface area contributed by atoms with E-state index in [1.54, 1.807) is 4.90 Å². The molecule has 0 atom stereocenters. The maximum absolute atomic E-state index is 13.8. The number of benzene rings is 1. The first kappa shape index (κ1) is 13.9. The summed E-state index contributed by atoms with van der Waals surface area (Å²) in [5.41, 5.74) is 0.559. The molecule has 1 saturated carbocycles. The summed E-state index contributed by atoms with van der Waals surface area (Å²) in [4.78, 5) is 14.2. The molecule has 1 amide bonds. The third-order valence-electron chi connectivity index (χ3n) is 4.93. The van der Waals surface area contributed by atoms with Crippen molar-refractivity contribution in [2.45, 2.75) is 38.5 Å². The molecule has 2 nitrogen and oxygen atoms in total. The SMILES string of the molecule is O=C(c1cc(Cl)ccc1F)N1CCC2(CCCC2)CC1. The number of carbonyl (C=O) groups is 1. The lowest BCUT2D eigenvalue weighted by Gasteiger charge is -2.39. The molecule has 0 bridgehead atoms. The highest BCUT2D eigenvalue weighted by molar-refractivity contribution is 6.31. The molecule has 1 saturated heterocycles. The van der Waals surface area contributed by atoms with Crippen LogP contribution in [0.25, 0.3) is 0 Å². The monoisotopic (exact) mass is 295 g/mol. The van der Waals surface area contributed by atoms with Crippen molar-refractivity contribution in [1.82, 2.24) is 4.90 Å². The zero-order valence-electron chi connectivity index (χ0n) is 11.5. The number of hydrogen-bond donors (Lipinski definition) is 0. The molecule has 1 spiro atoms. The number of amides is 1. The molecule has 2 fully saturated rings.